The molecule has 0 aliphatic carbocycles. The molecule has 0 bridgehead atoms. The van der Waals surface area contributed by atoms with Gasteiger partial charge in [0.15, 0.2) is 6.29 Å². The van der Waals surface area contributed by atoms with Gasteiger partial charge in [0.2, 0.25) is 0 Å². The van der Waals surface area contributed by atoms with E-state index in [0.717, 1.165) is 11.8 Å². The molecular weight excluding hydrogens is 196 g/mol. The van der Waals surface area contributed by atoms with Crippen molar-refractivity contribution in [1.82, 2.24) is 0 Å². The summed E-state index contributed by atoms with van der Waals surface area (Å²) in [5, 5.41) is 0. The molecule has 95 valence electrons. The molecule has 1 radical (unpaired) electrons. The van der Waals surface area contributed by atoms with Gasteiger partial charge < -0.3 is 0 Å². The molecule has 0 rings (SSSR count). The van der Waals surface area contributed by atoms with Crippen LogP contribution in [0.1, 0.15) is 72.6 Å². The molecule has 2 unspecified atom stereocenters. The lowest BCUT2D eigenvalue weighted by Crippen LogP contribution is -2.00. The lowest BCUT2D eigenvalue weighted by Gasteiger charge is -2.13. The number of hydrogen-bond acceptors (Lipinski definition) is 1. The largest absolute Gasteiger partial charge is 0.291 e. The maximum atomic E-state index is 10.2. The van der Waals surface area contributed by atoms with E-state index in [1.165, 1.54) is 38.5 Å². The second-order valence-corrected chi connectivity index (χ2v) is 5.81. The van der Waals surface area contributed by atoms with Crippen molar-refractivity contribution in [2.75, 3.05) is 0 Å². The Kier molecular flexibility index (Phi) is 9.66. The van der Waals surface area contributed by atoms with Gasteiger partial charge in [-0.05, 0) is 17.8 Å². The van der Waals surface area contributed by atoms with Crippen LogP contribution < -0.4 is 0 Å². The van der Waals surface area contributed by atoms with Crippen LogP contribution in [0.15, 0.2) is 0 Å². The Hall–Kier alpha value is -0.330. The van der Waals surface area contributed by atoms with Crippen molar-refractivity contribution >= 4 is 6.29 Å². The molecule has 0 aliphatic rings. The van der Waals surface area contributed by atoms with E-state index < -0.39 is 0 Å². The van der Waals surface area contributed by atoms with E-state index in [2.05, 4.69) is 27.7 Å². The summed E-state index contributed by atoms with van der Waals surface area (Å²) >= 11 is 0. The summed E-state index contributed by atoms with van der Waals surface area (Å²) in [6, 6.07) is 0. The van der Waals surface area contributed by atoms with Crippen LogP contribution in [0, 0.1) is 17.8 Å². The Balaban J connectivity index is 3.36. The smallest absolute Gasteiger partial charge is 0.198 e. The van der Waals surface area contributed by atoms with Crippen molar-refractivity contribution in [1.29, 1.82) is 0 Å². The van der Waals surface area contributed by atoms with Gasteiger partial charge in [-0.1, -0.05) is 66.2 Å². The van der Waals surface area contributed by atoms with Crippen LogP contribution in [-0.4, -0.2) is 6.29 Å². The van der Waals surface area contributed by atoms with E-state index in [9.17, 15) is 4.79 Å². The van der Waals surface area contributed by atoms with Crippen molar-refractivity contribution in [3.05, 3.63) is 0 Å². The first-order valence-corrected chi connectivity index (χ1v) is 6.91. The Morgan fingerprint density at radius 3 is 1.81 bits per heavy atom. The summed E-state index contributed by atoms with van der Waals surface area (Å²) in [5.74, 6) is 2.22. The van der Waals surface area contributed by atoms with E-state index in [0.29, 0.717) is 12.3 Å². The molecule has 1 heteroatoms. The van der Waals surface area contributed by atoms with Gasteiger partial charge in [0.25, 0.3) is 0 Å². The van der Waals surface area contributed by atoms with Gasteiger partial charge in [-0.3, -0.25) is 4.79 Å². The van der Waals surface area contributed by atoms with Crippen molar-refractivity contribution in [3.8, 4) is 0 Å². The van der Waals surface area contributed by atoms with Gasteiger partial charge in [-0.25, -0.2) is 0 Å². The highest BCUT2D eigenvalue weighted by Gasteiger charge is 2.06. The highest BCUT2D eigenvalue weighted by Crippen LogP contribution is 2.19. The molecule has 0 fully saturated rings. The summed E-state index contributed by atoms with van der Waals surface area (Å²) in [4.78, 5) is 10.2. The minimum absolute atomic E-state index is 0.528. The van der Waals surface area contributed by atoms with Crippen molar-refractivity contribution in [2.45, 2.75) is 72.6 Å². The quantitative estimate of drug-likeness (QED) is 0.524. The molecule has 0 saturated carbocycles. The van der Waals surface area contributed by atoms with Gasteiger partial charge in [0.05, 0.1) is 0 Å². The highest BCUT2D eigenvalue weighted by molar-refractivity contribution is 5.50. The maximum absolute atomic E-state index is 10.2. The van der Waals surface area contributed by atoms with E-state index in [1.807, 2.05) is 6.29 Å². The van der Waals surface area contributed by atoms with E-state index >= 15 is 0 Å². The average Bonchev–Trinajstić information content (AvgIpc) is 2.17. The van der Waals surface area contributed by atoms with Gasteiger partial charge in [-0.2, -0.15) is 0 Å². The first-order valence-electron chi connectivity index (χ1n) is 6.91. The average molecular weight is 225 g/mol. The highest BCUT2D eigenvalue weighted by atomic mass is 16.1. The Morgan fingerprint density at radius 2 is 1.31 bits per heavy atom. The van der Waals surface area contributed by atoms with Crippen LogP contribution in [0.25, 0.3) is 0 Å². The summed E-state index contributed by atoms with van der Waals surface area (Å²) in [5.41, 5.74) is 0. The summed E-state index contributed by atoms with van der Waals surface area (Å²) < 4.78 is 0. The molecule has 16 heavy (non-hydrogen) atoms. The minimum atomic E-state index is 0.528. The lowest BCUT2D eigenvalue weighted by molar-refractivity contribution is 0.401. The normalized spacial score (nSPS) is 15.1. The van der Waals surface area contributed by atoms with Gasteiger partial charge in [-0.15, -0.1) is 0 Å². The zero-order valence-electron chi connectivity index (χ0n) is 11.6. The third kappa shape index (κ3) is 10.2. The molecule has 1 nitrogen and oxygen atoms in total. The molecule has 0 aromatic heterocycles. The van der Waals surface area contributed by atoms with Crippen molar-refractivity contribution < 1.29 is 4.79 Å². The minimum Gasteiger partial charge on any atom is -0.291 e. The zero-order valence-corrected chi connectivity index (χ0v) is 11.6. The van der Waals surface area contributed by atoms with Crippen LogP contribution in [0.5, 0.6) is 0 Å². The lowest BCUT2D eigenvalue weighted by atomic mass is 9.93. The molecule has 0 saturated heterocycles. The molecule has 0 aliphatic heterocycles. The topological polar surface area (TPSA) is 17.1 Å². The fourth-order valence-corrected chi connectivity index (χ4v) is 2.08. The molecule has 0 aromatic carbocycles. The van der Waals surface area contributed by atoms with Gasteiger partial charge >= 0.3 is 0 Å². The predicted molar refractivity (Wildman–Crippen MR) is 71.2 cm³/mol. The van der Waals surface area contributed by atoms with Crippen LogP contribution in [0.4, 0.5) is 0 Å². The molecule has 0 heterocycles. The van der Waals surface area contributed by atoms with E-state index in [1.54, 1.807) is 0 Å². The van der Waals surface area contributed by atoms with E-state index in [4.69, 9.17) is 0 Å². The second-order valence-electron chi connectivity index (χ2n) is 5.81. The number of carbonyl (C=O) groups excluding carboxylic acids is 1. The zero-order chi connectivity index (χ0) is 12.4. The van der Waals surface area contributed by atoms with Crippen LogP contribution in [-0.2, 0) is 4.79 Å². The fraction of sp³-hybridized carbons (Fsp3) is 0.933. The van der Waals surface area contributed by atoms with Gasteiger partial charge in [0, 0.05) is 6.42 Å². The molecule has 2 atom stereocenters. The predicted octanol–water partition coefficient (Wildman–Crippen LogP) is 4.76. The van der Waals surface area contributed by atoms with Crippen LogP contribution in [0.2, 0.25) is 0 Å². The van der Waals surface area contributed by atoms with Crippen LogP contribution in [0.3, 0.4) is 0 Å². The standard InChI is InChI=1S/C15H29O/c1-13(2)7-5-8-14(3)9-6-10-15(4)11-12-16/h13-15H,5-11H2,1-4H3. The Morgan fingerprint density at radius 1 is 0.812 bits per heavy atom. The Labute approximate surface area is 102 Å². The fourth-order valence-electron chi connectivity index (χ4n) is 2.08. The maximum Gasteiger partial charge on any atom is 0.198 e. The second kappa shape index (κ2) is 9.86. The molecular formula is C15H29O. The number of hydrogen-bond donors (Lipinski definition) is 0. The molecule has 0 spiro atoms. The molecule has 0 aromatic rings. The molecule has 0 amide bonds. The van der Waals surface area contributed by atoms with Crippen LogP contribution >= 0.6 is 0 Å². The molecule has 0 N–H and O–H groups in total. The third-order valence-electron chi connectivity index (χ3n) is 3.30. The first kappa shape index (κ1) is 15.7. The van der Waals surface area contributed by atoms with Crippen molar-refractivity contribution in [3.63, 3.8) is 0 Å². The third-order valence-corrected chi connectivity index (χ3v) is 3.30. The number of rotatable bonds is 10. The van der Waals surface area contributed by atoms with E-state index in [-0.39, 0.29) is 0 Å². The van der Waals surface area contributed by atoms with Gasteiger partial charge in [0.1, 0.15) is 0 Å². The summed E-state index contributed by atoms with van der Waals surface area (Å²) in [6.07, 6.45) is 10.5. The monoisotopic (exact) mass is 225 g/mol. The summed E-state index contributed by atoms with van der Waals surface area (Å²) in [7, 11) is 0. The summed E-state index contributed by atoms with van der Waals surface area (Å²) in [6.45, 7) is 9.09. The first-order chi connectivity index (χ1) is 7.56. The SMILES string of the molecule is CC(C)CCCC(C)CCCC(C)C[C]=O. The Bertz CT molecular complexity index is 163. The van der Waals surface area contributed by atoms with Crippen molar-refractivity contribution in [2.24, 2.45) is 17.8 Å².